The van der Waals surface area contributed by atoms with Gasteiger partial charge in [-0.2, -0.15) is 0 Å². The lowest BCUT2D eigenvalue weighted by atomic mass is 10.3. The Kier molecular flexibility index (Phi) is 4.54. The minimum absolute atomic E-state index is 0.0735. The van der Waals surface area contributed by atoms with Gasteiger partial charge in [-0.1, -0.05) is 0 Å². The van der Waals surface area contributed by atoms with Gasteiger partial charge in [0.15, 0.2) is 0 Å². The summed E-state index contributed by atoms with van der Waals surface area (Å²) in [5, 5.41) is 2.81. The monoisotopic (exact) mass is 229 g/mol. The molecule has 1 rings (SSSR count). The predicted molar refractivity (Wildman–Crippen MR) is 59.1 cm³/mol. The molecule has 1 unspecified atom stereocenters. The van der Waals surface area contributed by atoms with Crippen LogP contribution < -0.4 is 5.32 Å². The topological polar surface area (TPSA) is 61.9 Å². The fourth-order valence-electron chi connectivity index (χ4n) is 1.35. The molecule has 0 aliphatic carbocycles. The van der Waals surface area contributed by atoms with Crippen molar-refractivity contribution in [1.82, 2.24) is 15.1 Å². The van der Waals surface area contributed by atoms with E-state index in [1.165, 1.54) is 9.80 Å². The zero-order valence-corrected chi connectivity index (χ0v) is 10.0. The molecule has 0 saturated carbocycles. The average molecular weight is 229 g/mol. The highest BCUT2D eigenvalue weighted by Crippen LogP contribution is 2.03. The fraction of sp³-hybridized carbons (Fsp3) is 0.800. The second-order valence-electron chi connectivity index (χ2n) is 4.15. The molecule has 92 valence electrons. The summed E-state index contributed by atoms with van der Waals surface area (Å²) in [6, 6.07) is -0.157. The van der Waals surface area contributed by atoms with Crippen LogP contribution in [0.25, 0.3) is 0 Å². The molecule has 0 aromatic carbocycles. The molecule has 0 bridgehead atoms. The van der Waals surface area contributed by atoms with Crippen molar-refractivity contribution in [1.29, 1.82) is 0 Å². The molecular weight excluding hydrogens is 210 g/mol. The van der Waals surface area contributed by atoms with Crippen molar-refractivity contribution in [2.75, 3.05) is 40.9 Å². The molecule has 0 spiro atoms. The Morgan fingerprint density at radius 1 is 1.38 bits per heavy atom. The van der Waals surface area contributed by atoms with E-state index in [4.69, 9.17) is 4.74 Å². The molecule has 1 aliphatic rings. The number of amides is 3. The summed E-state index contributed by atoms with van der Waals surface area (Å²) in [7, 11) is 4.93. The molecule has 0 aromatic rings. The van der Waals surface area contributed by atoms with Crippen molar-refractivity contribution in [2.45, 2.75) is 12.5 Å². The lowest BCUT2D eigenvalue weighted by Gasteiger charge is -2.21. The molecule has 3 amide bonds. The molecule has 1 atom stereocenters. The first-order valence-corrected chi connectivity index (χ1v) is 5.30. The second kappa shape index (κ2) is 5.69. The Morgan fingerprint density at radius 2 is 2.06 bits per heavy atom. The van der Waals surface area contributed by atoms with Crippen LogP contribution in [0, 0.1) is 0 Å². The third-order valence-corrected chi connectivity index (χ3v) is 2.48. The number of hydrogen-bond donors (Lipinski definition) is 1. The van der Waals surface area contributed by atoms with Gasteiger partial charge in [-0.3, -0.25) is 4.79 Å². The SMILES string of the molecule is CN(C)C(=O)CN(C)C(=O)NC1CCOC1. The number of rotatable bonds is 3. The zero-order valence-electron chi connectivity index (χ0n) is 10.0. The van der Waals surface area contributed by atoms with Crippen molar-refractivity contribution in [3.8, 4) is 0 Å². The van der Waals surface area contributed by atoms with Gasteiger partial charge in [0.2, 0.25) is 5.91 Å². The van der Waals surface area contributed by atoms with Gasteiger partial charge in [-0.15, -0.1) is 0 Å². The van der Waals surface area contributed by atoms with Gasteiger partial charge in [0.1, 0.15) is 6.54 Å². The lowest BCUT2D eigenvalue weighted by molar-refractivity contribution is -0.129. The number of nitrogens with one attached hydrogen (secondary N) is 1. The number of urea groups is 1. The summed E-state index contributed by atoms with van der Waals surface area (Å²) in [4.78, 5) is 25.9. The Labute approximate surface area is 95.5 Å². The van der Waals surface area contributed by atoms with E-state index in [1.54, 1.807) is 21.1 Å². The summed E-state index contributed by atoms with van der Waals surface area (Å²) in [6.45, 7) is 1.33. The summed E-state index contributed by atoms with van der Waals surface area (Å²) < 4.78 is 5.15. The van der Waals surface area contributed by atoms with E-state index < -0.39 is 0 Å². The van der Waals surface area contributed by atoms with Crippen molar-refractivity contribution >= 4 is 11.9 Å². The van der Waals surface area contributed by atoms with Gasteiger partial charge in [0, 0.05) is 27.7 Å². The van der Waals surface area contributed by atoms with E-state index in [0.29, 0.717) is 13.2 Å². The maximum atomic E-state index is 11.6. The zero-order chi connectivity index (χ0) is 12.1. The van der Waals surface area contributed by atoms with Crippen LogP contribution in [0.2, 0.25) is 0 Å². The third-order valence-electron chi connectivity index (χ3n) is 2.48. The molecule has 16 heavy (non-hydrogen) atoms. The quantitative estimate of drug-likeness (QED) is 0.710. The first-order chi connectivity index (χ1) is 7.50. The highest BCUT2D eigenvalue weighted by Gasteiger charge is 2.20. The molecule has 1 N–H and O–H groups in total. The highest BCUT2D eigenvalue weighted by molar-refractivity contribution is 5.83. The Hall–Kier alpha value is -1.30. The van der Waals surface area contributed by atoms with Gasteiger partial charge >= 0.3 is 6.03 Å². The third kappa shape index (κ3) is 3.69. The van der Waals surface area contributed by atoms with Gasteiger partial charge in [0.25, 0.3) is 0 Å². The second-order valence-corrected chi connectivity index (χ2v) is 4.15. The maximum absolute atomic E-state index is 11.6. The van der Waals surface area contributed by atoms with Crippen LogP contribution in [0.15, 0.2) is 0 Å². The molecule has 0 aromatic heterocycles. The van der Waals surface area contributed by atoms with Crippen LogP contribution in [0.5, 0.6) is 0 Å². The summed E-state index contributed by atoms with van der Waals surface area (Å²) in [5.74, 6) is -0.0969. The first kappa shape index (κ1) is 12.8. The van der Waals surface area contributed by atoms with Crippen molar-refractivity contribution in [2.24, 2.45) is 0 Å². The van der Waals surface area contributed by atoms with E-state index in [-0.39, 0.29) is 24.5 Å². The van der Waals surface area contributed by atoms with Crippen LogP contribution in [0.4, 0.5) is 4.79 Å². The normalized spacial score (nSPS) is 19.3. The minimum atomic E-state index is -0.231. The molecule has 1 fully saturated rings. The number of hydrogen-bond acceptors (Lipinski definition) is 3. The number of carbonyl (C=O) groups excluding carboxylic acids is 2. The van der Waals surface area contributed by atoms with E-state index in [1.807, 2.05) is 0 Å². The Balaban J connectivity index is 2.32. The van der Waals surface area contributed by atoms with Crippen molar-refractivity contribution in [3.63, 3.8) is 0 Å². The van der Waals surface area contributed by atoms with E-state index in [9.17, 15) is 9.59 Å². The smallest absolute Gasteiger partial charge is 0.317 e. The van der Waals surface area contributed by atoms with Crippen LogP contribution in [0.3, 0.4) is 0 Å². The van der Waals surface area contributed by atoms with E-state index in [0.717, 1.165) is 6.42 Å². The molecule has 1 aliphatic heterocycles. The molecular formula is C10H19N3O3. The van der Waals surface area contributed by atoms with Crippen LogP contribution in [-0.4, -0.2) is 68.7 Å². The fourth-order valence-corrected chi connectivity index (χ4v) is 1.35. The van der Waals surface area contributed by atoms with Gasteiger partial charge in [-0.25, -0.2) is 4.79 Å². The molecule has 1 saturated heterocycles. The van der Waals surface area contributed by atoms with Crippen LogP contribution >= 0.6 is 0 Å². The molecule has 6 heteroatoms. The minimum Gasteiger partial charge on any atom is -0.379 e. The standard InChI is InChI=1S/C10H19N3O3/c1-12(2)9(14)6-13(3)10(15)11-8-4-5-16-7-8/h8H,4-7H2,1-3H3,(H,11,15). The number of likely N-dealkylation sites (N-methyl/N-ethyl adjacent to an activating group) is 2. The summed E-state index contributed by atoms with van der Waals surface area (Å²) in [5.41, 5.74) is 0. The lowest BCUT2D eigenvalue weighted by Crippen LogP contribution is -2.46. The van der Waals surface area contributed by atoms with Crippen molar-refractivity contribution in [3.05, 3.63) is 0 Å². The van der Waals surface area contributed by atoms with Crippen LogP contribution in [0.1, 0.15) is 6.42 Å². The summed E-state index contributed by atoms with van der Waals surface area (Å²) in [6.07, 6.45) is 0.835. The number of ether oxygens (including phenoxy) is 1. The van der Waals surface area contributed by atoms with Gasteiger partial charge in [0.05, 0.1) is 12.6 Å². The van der Waals surface area contributed by atoms with Gasteiger partial charge < -0.3 is 19.9 Å². The van der Waals surface area contributed by atoms with Crippen molar-refractivity contribution < 1.29 is 14.3 Å². The first-order valence-electron chi connectivity index (χ1n) is 5.30. The number of carbonyl (C=O) groups is 2. The van der Waals surface area contributed by atoms with Crippen LogP contribution in [-0.2, 0) is 9.53 Å². The molecule has 0 radical (unpaired) electrons. The maximum Gasteiger partial charge on any atom is 0.317 e. The van der Waals surface area contributed by atoms with Gasteiger partial charge in [-0.05, 0) is 6.42 Å². The molecule has 1 heterocycles. The molecule has 6 nitrogen and oxygen atoms in total. The highest BCUT2D eigenvalue weighted by atomic mass is 16.5. The number of nitrogens with zero attached hydrogens (tertiary/aromatic N) is 2. The summed E-state index contributed by atoms with van der Waals surface area (Å²) >= 11 is 0. The Bertz CT molecular complexity index is 262. The van der Waals surface area contributed by atoms with E-state index >= 15 is 0 Å². The average Bonchev–Trinajstić information content (AvgIpc) is 2.69. The Morgan fingerprint density at radius 3 is 2.56 bits per heavy atom. The van der Waals surface area contributed by atoms with E-state index in [2.05, 4.69) is 5.32 Å². The largest absolute Gasteiger partial charge is 0.379 e. The predicted octanol–water partition coefficient (Wildman–Crippen LogP) is -0.495.